The lowest BCUT2D eigenvalue weighted by atomic mass is 9.45. The highest BCUT2D eigenvalue weighted by Crippen LogP contribution is 2.62. The van der Waals surface area contributed by atoms with Gasteiger partial charge in [0.25, 0.3) is 0 Å². The largest absolute Gasteiger partial charge is 0.459 e. The second-order valence-corrected chi connectivity index (χ2v) is 12.6. The summed E-state index contributed by atoms with van der Waals surface area (Å²) in [6.07, 6.45) is 4.86. The summed E-state index contributed by atoms with van der Waals surface area (Å²) in [5.74, 6) is 3.84. The highest BCUT2D eigenvalue weighted by molar-refractivity contribution is 6.67. The number of carbonyl (C=O) groups excluding carboxylic acids is 2. The van der Waals surface area contributed by atoms with Crippen LogP contribution in [0.5, 0.6) is 0 Å². The molecule has 188 valence electrons. The van der Waals surface area contributed by atoms with E-state index in [0.717, 1.165) is 30.6 Å². The third-order valence-electron chi connectivity index (χ3n) is 9.54. The summed E-state index contributed by atoms with van der Waals surface area (Å²) in [6.45, 7) is 24.0. The Hall–Kier alpha value is -1.13. The summed E-state index contributed by atoms with van der Waals surface area (Å²) >= 11 is 4.87. The van der Waals surface area contributed by atoms with Gasteiger partial charge in [-0.3, -0.25) is 4.79 Å². The van der Waals surface area contributed by atoms with Gasteiger partial charge in [0.1, 0.15) is 6.10 Å². The summed E-state index contributed by atoms with van der Waals surface area (Å²) in [4.78, 5) is 21.3. The molecule has 6 aliphatic carbocycles. The number of fused-ring (bicyclic) bond motifs is 4. The number of rotatable bonds is 3. The van der Waals surface area contributed by atoms with Gasteiger partial charge in [0.15, 0.2) is 0 Å². The van der Waals surface area contributed by atoms with Crippen LogP contribution in [0.4, 0.5) is 0 Å². The monoisotopic (exact) mass is 480 g/mol. The number of hydrogen-bond donors (Lipinski definition) is 1. The molecule has 0 unspecified atom stereocenters. The van der Waals surface area contributed by atoms with Crippen LogP contribution >= 0.6 is 11.6 Å². The fourth-order valence-electron chi connectivity index (χ4n) is 6.62. The van der Waals surface area contributed by atoms with E-state index < -0.39 is 5.24 Å². The van der Waals surface area contributed by atoms with Crippen molar-refractivity contribution in [1.29, 1.82) is 0 Å². The summed E-state index contributed by atoms with van der Waals surface area (Å²) in [7, 11) is 0. The van der Waals surface area contributed by atoms with Gasteiger partial charge in [0, 0.05) is 11.1 Å². The van der Waals surface area contributed by atoms with Gasteiger partial charge in [0.05, 0.1) is 6.10 Å². The Bertz CT molecular complexity index is 771. The number of ether oxygens (including phenoxy) is 1. The molecule has 0 amide bonds. The van der Waals surface area contributed by atoms with Crippen LogP contribution in [0.25, 0.3) is 0 Å². The van der Waals surface area contributed by atoms with Crippen LogP contribution in [0.3, 0.4) is 0 Å². The summed E-state index contributed by atoms with van der Waals surface area (Å²) in [5.41, 5.74) is 1.87. The predicted octanol–water partition coefficient (Wildman–Crippen LogP) is 6.55. The maximum absolute atomic E-state index is 11.5. The van der Waals surface area contributed by atoms with E-state index in [1.807, 2.05) is 0 Å². The van der Waals surface area contributed by atoms with Crippen LogP contribution in [0.1, 0.15) is 81.1 Å². The Kier molecular flexibility index (Phi) is 8.72. The van der Waals surface area contributed by atoms with Crippen molar-refractivity contribution in [2.45, 2.75) is 93.3 Å². The van der Waals surface area contributed by atoms with Crippen LogP contribution in [-0.4, -0.2) is 28.5 Å². The molecule has 1 N–H and O–H groups in total. The lowest BCUT2D eigenvalue weighted by Gasteiger charge is -2.61. The molecule has 5 heteroatoms. The molecule has 6 aliphatic rings. The Morgan fingerprint density at radius 3 is 1.58 bits per heavy atom. The van der Waals surface area contributed by atoms with Crippen molar-refractivity contribution in [1.82, 2.24) is 0 Å². The van der Waals surface area contributed by atoms with Gasteiger partial charge in [-0.15, -0.1) is 0 Å². The van der Waals surface area contributed by atoms with Crippen LogP contribution < -0.4 is 0 Å². The number of carbonyl (C=O) groups is 2. The Balaban J connectivity index is 0.000000196. The highest BCUT2D eigenvalue weighted by atomic mass is 35.5. The Morgan fingerprint density at radius 1 is 0.848 bits per heavy atom. The van der Waals surface area contributed by atoms with E-state index in [1.165, 1.54) is 12.8 Å². The number of aliphatic hydroxyl groups is 1. The Morgan fingerprint density at radius 2 is 1.27 bits per heavy atom. The van der Waals surface area contributed by atoms with Crippen molar-refractivity contribution in [3.63, 3.8) is 0 Å². The molecule has 8 atom stereocenters. The van der Waals surface area contributed by atoms with Crippen molar-refractivity contribution < 1.29 is 19.4 Å². The lowest BCUT2D eigenvalue weighted by molar-refractivity contribution is -0.182. The fraction of sp³-hybridized carbons (Fsp3) is 0.786. The molecule has 6 fully saturated rings. The van der Waals surface area contributed by atoms with Gasteiger partial charge in [0.2, 0.25) is 5.24 Å². The van der Waals surface area contributed by atoms with Crippen molar-refractivity contribution in [2.75, 3.05) is 0 Å². The summed E-state index contributed by atoms with van der Waals surface area (Å²) in [6, 6.07) is 0. The second-order valence-electron chi connectivity index (χ2n) is 12.3. The molecule has 0 heterocycles. The van der Waals surface area contributed by atoms with Crippen molar-refractivity contribution >= 4 is 22.8 Å². The molecular formula is C28H45ClO4. The van der Waals surface area contributed by atoms with Crippen molar-refractivity contribution in [3.8, 4) is 0 Å². The molecule has 0 saturated heterocycles. The van der Waals surface area contributed by atoms with Gasteiger partial charge >= 0.3 is 5.97 Å². The summed E-state index contributed by atoms with van der Waals surface area (Å²) in [5, 5.41) is 9.15. The van der Waals surface area contributed by atoms with Crippen molar-refractivity contribution in [3.05, 3.63) is 24.3 Å². The molecule has 0 aliphatic heterocycles. The molecule has 33 heavy (non-hydrogen) atoms. The first-order valence-electron chi connectivity index (χ1n) is 12.4. The maximum Gasteiger partial charge on any atom is 0.333 e. The minimum absolute atomic E-state index is 0.00762. The van der Waals surface area contributed by atoms with Gasteiger partial charge < -0.3 is 9.84 Å². The van der Waals surface area contributed by atoms with E-state index in [1.54, 1.807) is 13.8 Å². The lowest BCUT2D eigenvalue weighted by Crippen LogP contribution is -2.57. The zero-order valence-corrected chi connectivity index (χ0v) is 22.7. The van der Waals surface area contributed by atoms with Crippen LogP contribution in [0.15, 0.2) is 24.3 Å². The summed E-state index contributed by atoms with van der Waals surface area (Å²) < 4.78 is 5.52. The fourth-order valence-corrected chi connectivity index (χ4v) is 6.62. The van der Waals surface area contributed by atoms with E-state index in [2.05, 4.69) is 54.7 Å². The van der Waals surface area contributed by atoms with Crippen molar-refractivity contribution in [2.24, 2.45) is 46.3 Å². The number of halogens is 1. The molecule has 6 saturated carbocycles. The Labute approximate surface area is 206 Å². The smallest absolute Gasteiger partial charge is 0.333 e. The average Bonchev–Trinajstić information content (AvgIpc) is 2.71. The molecule has 0 spiro atoms. The highest BCUT2D eigenvalue weighted by Gasteiger charge is 2.57. The zero-order valence-electron chi connectivity index (χ0n) is 21.9. The van der Waals surface area contributed by atoms with E-state index in [-0.39, 0.29) is 18.2 Å². The van der Waals surface area contributed by atoms with Gasteiger partial charge in [-0.05, 0) is 97.5 Å². The number of hydrogen-bond acceptors (Lipinski definition) is 4. The molecular weight excluding hydrogens is 436 g/mol. The minimum atomic E-state index is -0.463. The molecule has 6 rings (SSSR count). The normalized spacial score (nSPS) is 38.5. The first-order valence-corrected chi connectivity index (χ1v) is 12.8. The number of esters is 1. The van der Waals surface area contributed by atoms with Gasteiger partial charge in [-0.1, -0.05) is 54.7 Å². The van der Waals surface area contributed by atoms with Gasteiger partial charge in [-0.25, -0.2) is 4.79 Å². The SMILES string of the molecule is C=C(C)C(=O)Cl.C=C(C)C(=O)O[C@@H]1C[C@@H]2C[C@H]([C@H]1C)C2(C)C.C[C@H]1[C@H](O)C[C@@H]2C[C@H]1C2(C)C. The predicted molar refractivity (Wildman–Crippen MR) is 135 cm³/mol. The average molecular weight is 481 g/mol. The van der Waals surface area contributed by atoms with Crippen LogP contribution in [-0.2, 0) is 14.3 Å². The van der Waals surface area contributed by atoms with E-state index in [0.29, 0.717) is 39.7 Å². The first kappa shape index (κ1) is 28.1. The van der Waals surface area contributed by atoms with E-state index in [4.69, 9.17) is 16.3 Å². The molecule has 0 aromatic rings. The number of aliphatic hydroxyl groups excluding tert-OH is 1. The zero-order chi connectivity index (χ0) is 25.5. The molecule has 4 bridgehead atoms. The number of allylic oxidation sites excluding steroid dienone is 1. The van der Waals surface area contributed by atoms with Crippen LogP contribution in [0, 0.1) is 46.3 Å². The molecule has 4 nitrogen and oxygen atoms in total. The van der Waals surface area contributed by atoms with E-state index >= 15 is 0 Å². The molecule has 0 radical (unpaired) electrons. The maximum atomic E-state index is 11.5. The third kappa shape index (κ3) is 5.75. The topological polar surface area (TPSA) is 63.6 Å². The molecule has 0 aromatic carbocycles. The second kappa shape index (κ2) is 10.2. The van der Waals surface area contributed by atoms with Crippen LogP contribution in [0.2, 0.25) is 0 Å². The first-order chi connectivity index (χ1) is 15.0. The standard InChI is InChI=1S/C14H22O2.C10H18O.C4H5ClO/c1-8(2)13(15)16-12-7-10-6-11(9(12)3)14(10,4)5;1-6-8-4-7(5-9(6)11)10(8,2)3;1-3(2)4(5)6/h9-12H,1,6-7H2,2-5H3;6-9,11H,4-5H2,1-3H3;1H2,2H3/t9-,10+,11-,12-;6-,7+,8-,9-;/m11./s1. The van der Waals surface area contributed by atoms with E-state index in [9.17, 15) is 14.7 Å². The minimum Gasteiger partial charge on any atom is -0.459 e. The third-order valence-corrected chi connectivity index (χ3v) is 9.86. The quantitative estimate of drug-likeness (QED) is 0.282. The van der Waals surface area contributed by atoms with Gasteiger partial charge in [-0.2, -0.15) is 0 Å². The molecule has 0 aromatic heterocycles.